The minimum atomic E-state index is -3.73. The predicted octanol–water partition coefficient (Wildman–Crippen LogP) is 5.41. The van der Waals surface area contributed by atoms with Gasteiger partial charge in [0.1, 0.15) is 0 Å². The number of rotatable bonds is 7. The smallest absolute Gasteiger partial charge is 0.272 e. The standard InChI is InChI=1S/C30H46N4O4S/c1-29(2,3)24-18-22(12-13-27(24)39(36,37)33-30(4,5)6)26-19-25(28(35)31-23-14-16-38-17-15-23)32-34(26)20-21-10-8-7-9-11-21/h12-13,18-19,21,23,33H,7-11,14-17,20H2,1-6H3,(H,31,35). The SMILES string of the molecule is CC(C)(C)NS(=O)(=O)c1ccc(-c2cc(C(=O)NC3CCOCC3)nn2CC2CCCCC2)cc1C(C)(C)C. The second-order valence-corrected chi connectivity index (χ2v) is 14.9. The number of carbonyl (C=O) groups is 1. The van der Waals surface area contributed by atoms with Crippen LogP contribution in [0.2, 0.25) is 0 Å². The highest BCUT2D eigenvalue weighted by atomic mass is 32.2. The van der Waals surface area contributed by atoms with E-state index in [1.165, 1.54) is 19.3 Å². The maximum atomic E-state index is 13.4. The van der Waals surface area contributed by atoms with Crippen molar-refractivity contribution >= 4 is 15.9 Å². The maximum absolute atomic E-state index is 13.4. The van der Waals surface area contributed by atoms with Gasteiger partial charge in [0.25, 0.3) is 5.91 Å². The van der Waals surface area contributed by atoms with Crippen molar-refractivity contribution < 1.29 is 17.9 Å². The Morgan fingerprint density at radius 3 is 2.28 bits per heavy atom. The molecular formula is C30H46N4O4S. The summed E-state index contributed by atoms with van der Waals surface area (Å²) < 4.78 is 37.0. The third kappa shape index (κ3) is 7.70. The highest BCUT2D eigenvalue weighted by Gasteiger charge is 2.30. The molecule has 0 unspecified atom stereocenters. The van der Waals surface area contributed by atoms with Crippen molar-refractivity contribution in [1.29, 1.82) is 0 Å². The van der Waals surface area contributed by atoms with E-state index in [9.17, 15) is 13.2 Å². The molecule has 2 heterocycles. The van der Waals surface area contributed by atoms with E-state index in [4.69, 9.17) is 9.84 Å². The molecule has 0 atom stereocenters. The number of ether oxygens (including phenoxy) is 1. The number of nitrogens with one attached hydrogen (secondary N) is 2. The van der Waals surface area contributed by atoms with Crippen molar-refractivity contribution in [3.63, 3.8) is 0 Å². The van der Waals surface area contributed by atoms with Gasteiger partial charge in [0, 0.05) is 36.9 Å². The first-order chi connectivity index (χ1) is 18.2. The van der Waals surface area contributed by atoms with Crippen LogP contribution in [0.4, 0.5) is 0 Å². The number of carbonyl (C=O) groups excluding carboxylic acids is 1. The van der Waals surface area contributed by atoms with E-state index in [1.54, 1.807) is 6.07 Å². The van der Waals surface area contributed by atoms with Gasteiger partial charge < -0.3 is 10.1 Å². The molecule has 0 radical (unpaired) electrons. The predicted molar refractivity (Wildman–Crippen MR) is 154 cm³/mol. The lowest BCUT2D eigenvalue weighted by Crippen LogP contribution is -2.41. The molecule has 39 heavy (non-hydrogen) atoms. The van der Waals surface area contributed by atoms with E-state index >= 15 is 0 Å². The highest BCUT2D eigenvalue weighted by Crippen LogP contribution is 2.35. The normalized spacial score (nSPS) is 18.3. The molecule has 1 amide bonds. The Bertz CT molecular complexity index is 1260. The first-order valence-electron chi connectivity index (χ1n) is 14.4. The lowest BCUT2D eigenvalue weighted by molar-refractivity contribution is 0.0693. The van der Waals surface area contributed by atoms with Crippen LogP contribution >= 0.6 is 0 Å². The molecule has 4 rings (SSSR count). The van der Waals surface area contributed by atoms with E-state index < -0.39 is 21.0 Å². The van der Waals surface area contributed by atoms with Gasteiger partial charge in [-0.3, -0.25) is 9.48 Å². The summed E-state index contributed by atoms with van der Waals surface area (Å²) in [7, 11) is -3.73. The lowest BCUT2D eigenvalue weighted by atomic mass is 9.85. The maximum Gasteiger partial charge on any atom is 0.272 e. The van der Waals surface area contributed by atoms with Gasteiger partial charge in [-0.2, -0.15) is 5.10 Å². The minimum Gasteiger partial charge on any atom is -0.381 e. The van der Waals surface area contributed by atoms with Crippen LogP contribution in [0.15, 0.2) is 29.2 Å². The van der Waals surface area contributed by atoms with E-state index in [1.807, 2.05) is 64.4 Å². The summed E-state index contributed by atoms with van der Waals surface area (Å²) in [6, 6.07) is 7.46. The van der Waals surface area contributed by atoms with Crippen LogP contribution in [0, 0.1) is 5.92 Å². The molecule has 1 aromatic carbocycles. The van der Waals surface area contributed by atoms with Crippen LogP contribution < -0.4 is 10.0 Å². The molecule has 9 heteroatoms. The molecule has 0 spiro atoms. The van der Waals surface area contributed by atoms with Gasteiger partial charge in [0.15, 0.2) is 5.69 Å². The third-order valence-electron chi connectivity index (χ3n) is 7.54. The number of amides is 1. The fourth-order valence-electron chi connectivity index (χ4n) is 5.58. The van der Waals surface area contributed by atoms with Crippen LogP contribution in [-0.2, 0) is 26.7 Å². The molecular weight excluding hydrogens is 512 g/mol. The molecule has 8 nitrogen and oxygen atoms in total. The first-order valence-corrected chi connectivity index (χ1v) is 15.9. The Morgan fingerprint density at radius 2 is 1.67 bits per heavy atom. The summed E-state index contributed by atoms with van der Waals surface area (Å²) in [5.74, 6) is 0.344. The number of hydrogen-bond acceptors (Lipinski definition) is 5. The number of sulfonamides is 1. The molecule has 0 bridgehead atoms. The summed E-state index contributed by atoms with van der Waals surface area (Å²) in [4.78, 5) is 13.5. The van der Waals surface area contributed by atoms with Gasteiger partial charge in [-0.05, 0) is 81.5 Å². The molecule has 2 aromatic rings. The zero-order valence-corrected chi connectivity index (χ0v) is 25.3. The topological polar surface area (TPSA) is 102 Å². The van der Waals surface area contributed by atoms with Crippen LogP contribution in [0.5, 0.6) is 0 Å². The van der Waals surface area contributed by atoms with Crippen LogP contribution in [-0.4, -0.2) is 48.9 Å². The van der Waals surface area contributed by atoms with Gasteiger partial charge in [0.05, 0.1) is 10.6 Å². The summed E-state index contributed by atoms with van der Waals surface area (Å²) in [6.45, 7) is 13.6. The second kappa shape index (κ2) is 11.7. The van der Waals surface area contributed by atoms with Crippen molar-refractivity contribution in [2.75, 3.05) is 13.2 Å². The van der Waals surface area contributed by atoms with E-state index in [-0.39, 0.29) is 16.8 Å². The van der Waals surface area contributed by atoms with Crippen molar-refractivity contribution in [3.05, 3.63) is 35.5 Å². The first kappa shape index (κ1) is 29.7. The van der Waals surface area contributed by atoms with Gasteiger partial charge >= 0.3 is 0 Å². The van der Waals surface area contributed by atoms with E-state index in [0.717, 1.165) is 49.0 Å². The largest absolute Gasteiger partial charge is 0.381 e. The zero-order valence-electron chi connectivity index (χ0n) is 24.5. The summed E-state index contributed by atoms with van der Waals surface area (Å²) >= 11 is 0. The quantitative estimate of drug-likeness (QED) is 0.473. The molecule has 1 saturated heterocycles. The van der Waals surface area contributed by atoms with E-state index in [0.29, 0.717) is 24.8 Å². The zero-order chi connectivity index (χ0) is 28.4. The van der Waals surface area contributed by atoms with E-state index in [2.05, 4.69) is 10.0 Å². The van der Waals surface area contributed by atoms with Gasteiger partial charge in [-0.15, -0.1) is 0 Å². The molecule has 2 fully saturated rings. The molecule has 2 N–H and O–H groups in total. The number of aromatic nitrogens is 2. The highest BCUT2D eigenvalue weighted by molar-refractivity contribution is 7.89. The fraction of sp³-hybridized carbons (Fsp3) is 0.667. The number of hydrogen-bond donors (Lipinski definition) is 2. The molecule has 1 aliphatic carbocycles. The Hall–Kier alpha value is -2.23. The lowest BCUT2D eigenvalue weighted by Gasteiger charge is -2.27. The average Bonchev–Trinajstić information content (AvgIpc) is 3.27. The second-order valence-electron chi connectivity index (χ2n) is 13.3. The minimum absolute atomic E-state index is 0.0884. The van der Waals surface area contributed by atoms with Crippen molar-refractivity contribution in [3.8, 4) is 11.3 Å². The van der Waals surface area contributed by atoms with Crippen LogP contribution in [0.1, 0.15) is 103 Å². The molecule has 1 aromatic heterocycles. The molecule has 1 saturated carbocycles. The Balaban J connectivity index is 1.74. The summed E-state index contributed by atoms with van der Waals surface area (Å²) in [5.41, 5.74) is 1.82. The number of nitrogens with zero attached hydrogens (tertiary/aromatic N) is 2. The van der Waals surface area contributed by atoms with Gasteiger partial charge in [0.2, 0.25) is 10.0 Å². The molecule has 216 valence electrons. The van der Waals surface area contributed by atoms with Crippen LogP contribution in [0.25, 0.3) is 11.3 Å². The Kier molecular flexibility index (Phi) is 8.93. The Labute approximate surface area is 234 Å². The average molecular weight is 559 g/mol. The Morgan fingerprint density at radius 1 is 1.00 bits per heavy atom. The summed E-state index contributed by atoms with van der Waals surface area (Å²) in [5, 5.41) is 7.94. The van der Waals surface area contributed by atoms with Crippen molar-refractivity contribution in [2.24, 2.45) is 5.92 Å². The van der Waals surface area contributed by atoms with Crippen LogP contribution in [0.3, 0.4) is 0 Å². The molecule has 1 aliphatic heterocycles. The van der Waals surface area contributed by atoms with Gasteiger partial charge in [-0.25, -0.2) is 13.1 Å². The number of benzene rings is 1. The molecule has 2 aliphatic rings. The van der Waals surface area contributed by atoms with Crippen molar-refractivity contribution in [2.45, 2.75) is 115 Å². The van der Waals surface area contributed by atoms with Crippen molar-refractivity contribution in [1.82, 2.24) is 19.8 Å². The monoisotopic (exact) mass is 558 g/mol. The third-order valence-corrected chi connectivity index (χ3v) is 9.35. The summed E-state index contributed by atoms with van der Waals surface area (Å²) in [6.07, 6.45) is 7.63. The van der Waals surface area contributed by atoms with Gasteiger partial charge in [-0.1, -0.05) is 46.1 Å². The fourth-order valence-corrected chi connectivity index (χ4v) is 7.40.